The second kappa shape index (κ2) is 6.74. The largest absolute Gasteiger partial charge is 0.496 e. The van der Waals surface area contributed by atoms with Gasteiger partial charge < -0.3 is 14.7 Å². The van der Waals surface area contributed by atoms with E-state index in [1.807, 2.05) is 30.3 Å². The third-order valence-electron chi connectivity index (χ3n) is 4.33. The van der Waals surface area contributed by atoms with Gasteiger partial charge in [0.05, 0.1) is 7.11 Å². The standard InChI is InChI=1S/C19H19NO4/c1-24-17-10-9-14(12-15(17)13-6-3-2-4-7-13)18(21)20-11-5-8-16(20)19(22)23/h2-4,6-7,9-10,12,16H,5,8,11H2,1H3,(H,22,23). The zero-order valence-corrected chi connectivity index (χ0v) is 13.4. The Morgan fingerprint density at radius 2 is 1.92 bits per heavy atom. The highest BCUT2D eigenvalue weighted by Gasteiger charge is 2.34. The Kier molecular flexibility index (Phi) is 4.51. The third kappa shape index (κ3) is 2.97. The van der Waals surface area contributed by atoms with Crippen LogP contribution in [0.4, 0.5) is 0 Å². The van der Waals surface area contributed by atoms with Gasteiger partial charge in [-0.25, -0.2) is 4.79 Å². The molecule has 1 fully saturated rings. The van der Waals surface area contributed by atoms with Crippen molar-refractivity contribution in [2.24, 2.45) is 0 Å². The second-order valence-electron chi connectivity index (χ2n) is 5.78. The van der Waals surface area contributed by atoms with Crippen LogP contribution in [0.25, 0.3) is 11.1 Å². The molecule has 2 aromatic carbocycles. The molecule has 0 aromatic heterocycles. The van der Waals surface area contributed by atoms with Crippen LogP contribution >= 0.6 is 0 Å². The highest BCUT2D eigenvalue weighted by molar-refractivity contribution is 5.98. The molecular weight excluding hydrogens is 306 g/mol. The summed E-state index contributed by atoms with van der Waals surface area (Å²) in [5.41, 5.74) is 2.23. The number of benzene rings is 2. The number of methoxy groups -OCH3 is 1. The number of likely N-dealkylation sites (tertiary alicyclic amines) is 1. The average molecular weight is 325 g/mol. The fourth-order valence-corrected chi connectivity index (χ4v) is 3.12. The summed E-state index contributed by atoms with van der Waals surface area (Å²) in [7, 11) is 1.59. The molecule has 1 saturated heterocycles. The van der Waals surface area contributed by atoms with Crippen LogP contribution in [0.3, 0.4) is 0 Å². The van der Waals surface area contributed by atoms with Crippen LogP contribution in [-0.2, 0) is 4.79 Å². The Hall–Kier alpha value is -2.82. The average Bonchev–Trinajstić information content (AvgIpc) is 3.11. The van der Waals surface area contributed by atoms with Crippen LogP contribution in [0, 0.1) is 0 Å². The van der Waals surface area contributed by atoms with Crippen molar-refractivity contribution >= 4 is 11.9 Å². The van der Waals surface area contributed by atoms with Gasteiger partial charge in [0.1, 0.15) is 11.8 Å². The minimum absolute atomic E-state index is 0.250. The Balaban J connectivity index is 1.97. The molecule has 0 saturated carbocycles. The summed E-state index contributed by atoms with van der Waals surface area (Å²) in [6, 6.07) is 14.1. The molecule has 1 heterocycles. The number of carbonyl (C=O) groups is 2. The number of hydrogen-bond acceptors (Lipinski definition) is 3. The van der Waals surface area contributed by atoms with Crippen molar-refractivity contribution in [3.05, 3.63) is 54.1 Å². The lowest BCUT2D eigenvalue weighted by molar-refractivity contribution is -0.141. The molecule has 1 unspecified atom stereocenters. The van der Waals surface area contributed by atoms with Crippen molar-refractivity contribution in [2.75, 3.05) is 13.7 Å². The first-order chi connectivity index (χ1) is 11.6. The van der Waals surface area contributed by atoms with Crippen molar-refractivity contribution in [1.29, 1.82) is 0 Å². The van der Waals surface area contributed by atoms with Gasteiger partial charge >= 0.3 is 5.97 Å². The number of aliphatic carboxylic acids is 1. The number of carboxylic acid groups (broad SMARTS) is 1. The lowest BCUT2D eigenvalue weighted by Gasteiger charge is -2.22. The lowest BCUT2D eigenvalue weighted by atomic mass is 10.0. The number of hydrogen-bond donors (Lipinski definition) is 1. The van der Waals surface area contributed by atoms with Gasteiger partial charge in [0, 0.05) is 17.7 Å². The van der Waals surface area contributed by atoms with E-state index in [0.717, 1.165) is 11.1 Å². The van der Waals surface area contributed by atoms with Crippen molar-refractivity contribution < 1.29 is 19.4 Å². The lowest BCUT2D eigenvalue weighted by Crippen LogP contribution is -2.40. The number of amides is 1. The molecule has 5 nitrogen and oxygen atoms in total. The van der Waals surface area contributed by atoms with E-state index in [4.69, 9.17) is 4.74 Å². The SMILES string of the molecule is COc1ccc(C(=O)N2CCCC2C(=O)O)cc1-c1ccccc1. The number of nitrogens with zero attached hydrogens (tertiary/aromatic N) is 1. The van der Waals surface area contributed by atoms with Gasteiger partial charge in [0.25, 0.3) is 5.91 Å². The van der Waals surface area contributed by atoms with E-state index in [1.54, 1.807) is 25.3 Å². The normalized spacial score (nSPS) is 16.9. The zero-order chi connectivity index (χ0) is 17.1. The van der Waals surface area contributed by atoms with Crippen LogP contribution in [0.15, 0.2) is 48.5 Å². The first kappa shape index (κ1) is 16.1. The minimum Gasteiger partial charge on any atom is -0.496 e. The third-order valence-corrected chi connectivity index (χ3v) is 4.33. The minimum atomic E-state index is -0.947. The molecule has 0 spiro atoms. The van der Waals surface area contributed by atoms with Gasteiger partial charge in [0.15, 0.2) is 0 Å². The van der Waals surface area contributed by atoms with Crippen LogP contribution in [-0.4, -0.2) is 41.6 Å². The number of carbonyl (C=O) groups excluding carboxylic acids is 1. The molecule has 3 rings (SSSR count). The van der Waals surface area contributed by atoms with Crippen LogP contribution in [0.5, 0.6) is 5.75 Å². The summed E-state index contributed by atoms with van der Waals surface area (Å²) in [5.74, 6) is -0.522. The number of carboxylic acids is 1. The summed E-state index contributed by atoms with van der Waals surface area (Å²) in [6.45, 7) is 0.475. The van der Waals surface area contributed by atoms with Gasteiger partial charge in [-0.15, -0.1) is 0 Å². The van der Waals surface area contributed by atoms with E-state index in [9.17, 15) is 14.7 Å². The molecule has 1 aliphatic heterocycles. The molecule has 24 heavy (non-hydrogen) atoms. The molecule has 1 N–H and O–H groups in total. The predicted molar refractivity (Wildman–Crippen MR) is 90.1 cm³/mol. The molecule has 0 aliphatic carbocycles. The molecule has 1 atom stereocenters. The van der Waals surface area contributed by atoms with Crippen LogP contribution in [0.2, 0.25) is 0 Å². The maximum Gasteiger partial charge on any atom is 0.326 e. The molecule has 1 aliphatic rings. The summed E-state index contributed by atoms with van der Waals surface area (Å²) in [5, 5.41) is 9.28. The van der Waals surface area contributed by atoms with Gasteiger partial charge in [-0.05, 0) is 36.6 Å². The van der Waals surface area contributed by atoms with Gasteiger partial charge in [-0.3, -0.25) is 4.79 Å². The van der Waals surface area contributed by atoms with Crippen molar-refractivity contribution in [1.82, 2.24) is 4.90 Å². The fraction of sp³-hybridized carbons (Fsp3) is 0.263. The Bertz CT molecular complexity index is 757. The highest BCUT2D eigenvalue weighted by atomic mass is 16.5. The smallest absolute Gasteiger partial charge is 0.326 e. The van der Waals surface area contributed by atoms with Crippen molar-refractivity contribution in [3.63, 3.8) is 0 Å². The van der Waals surface area contributed by atoms with Gasteiger partial charge in [-0.2, -0.15) is 0 Å². The summed E-state index contributed by atoms with van der Waals surface area (Å²) in [6.07, 6.45) is 1.22. The van der Waals surface area contributed by atoms with Crippen LogP contribution < -0.4 is 4.74 Å². The Labute approximate surface area is 140 Å². The molecule has 5 heteroatoms. The monoisotopic (exact) mass is 325 g/mol. The molecule has 124 valence electrons. The van der Waals surface area contributed by atoms with Gasteiger partial charge in [-0.1, -0.05) is 30.3 Å². The van der Waals surface area contributed by atoms with Crippen molar-refractivity contribution in [3.8, 4) is 16.9 Å². The summed E-state index contributed by atoms with van der Waals surface area (Å²) >= 11 is 0. The highest BCUT2D eigenvalue weighted by Crippen LogP contribution is 2.32. The zero-order valence-electron chi connectivity index (χ0n) is 13.4. The molecule has 1 amide bonds. The predicted octanol–water partition coefficient (Wildman–Crippen LogP) is 3.05. The maximum absolute atomic E-state index is 12.8. The van der Waals surface area contributed by atoms with E-state index in [2.05, 4.69) is 0 Å². The fourth-order valence-electron chi connectivity index (χ4n) is 3.12. The summed E-state index contributed by atoms with van der Waals surface area (Å²) < 4.78 is 5.40. The van der Waals surface area contributed by atoms with Crippen molar-refractivity contribution in [2.45, 2.75) is 18.9 Å². The molecular formula is C19H19NO4. The first-order valence-corrected chi connectivity index (χ1v) is 7.89. The second-order valence-corrected chi connectivity index (χ2v) is 5.78. The Morgan fingerprint density at radius 3 is 2.58 bits per heavy atom. The number of rotatable bonds is 4. The molecule has 2 aromatic rings. The first-order valence-electron chi connectivity index (χ1n) is 7.89. The topological polar surface area (TPSA) is 66.8 Å². The molecule has 0 radical (unpaired) electrons. The van der Waals surface area contributed by atoms with Gasteiger partial charge in [0.2, 0.25) is 0 Å². The van der Waals surface area contributed by atoms with E-state index in [0.29, 0.717) is 30.7 Å². The maximum atomic E-state index is 12.8. The molecule has 0 bridgehead atoms. The Morgan fingerprint density at radius 1 is 1.17 bits per heavy atom. The van der Waals surface area contributed by atoms with Crippen LogP contribution in [0.1, 0.15) is 23.2 Å². The van der Waals surface area contributed by atoms with E-state index < -0.39 is 12.0 Å². The van der Waals surface area contributed by atoms with E-state index in [1.165, 1.54) is 4.90 Å². The summed E-state index contributed by atoms with van der Waals surface area (Å²) in [4.78, 5) is 25.5. The number of ether oxygens (including phenoxy) is 1. The van der Waals surface area contributed by atoms with E-state index >= 15 is 0 Å². The quantitative estimate of drug-likeness (QED) is 0.938. The van der Waals surface area contributed by atoms with E-state index in [-0.39, 0.29) is 5.91 Å².